The van der Waals surface area contributed by atoms with Gasteiger partial charge in [-0.05, 0) is 24.6 Å². The number of amides is 1. The zero-order chi connectivity index (χ0) is 12.8. The number of rotatable bonds is 5. The summed E-state index contributed by atoms with van der Waals surface area (Å²) in [6, 6.07) is 1.70. The summed E-state index contributed by atoms with van der Waals surface area (Å²) in [5.74, 6) is -1.57. The second-order valence-electron chi connectivity index (χ2n) is 3.75. The van der Waals surface area contributed by atoms with Gasteiger partial charge in [0.25, 0.3) is 0 Å². The Kier molecular flexibility index (Phi) is 4.59. The summed E-state index contributed by atoms with van der Waals surface area (Å²) < 4.78 is 0. The summed E-state index contributed by atoms with van der Waals surface area (Å²) >= 11 is 0. The number of aliphatic carboxylic acids is 1. The van der Waals surface area contributed by atoms with E-state index in [-0.39, 0.29) is 6.42 Å². The molecule has 6 nitrogen and oxygen atoms in total. The van der Waals surface area contributed by atoms with E-state index in [4.69, 9.17) is 10.8 Å². The van der Waals surface area contributed by atoms with Crippen molar-refractivity contribution in [2.24, 2.45) is 5.73 Å². The van der Waals surface area contributed by atoms with Crippen molar-refractivity contribution >= 4 is 11.9 Å². The highest BCUT2D eigenvalue weighted by Crippen LogP contribution is 2.02. The third-order valence-corrected chi connectivity index (χ3v) is 2.22. The van der Waals surface area contributed by atoms with Crippen LogP contribution in [0.1, 0.15) is 12.5 Å². The number of nitrogens with two attached hydrogens (primary N) is 1. The number of carboxylic acids is 1. The standard InChI is InChI=1S/C11H15N3O3/c1-7(12)10(15)14-9(11(16)17)6-8-2-4-13-5-3-8/h2-5,7,9H,6,12H2,1H3,(H,14,15)(H,16,17)/t7-,9+/m1/s1. The fourth-order valence-electron chi connectivity index (χ4n) is 1.26. The Balaban J connectivity index is 2.68. The molecule has 17 heavy (non-hydrogen) atoms. The van der Waals surface area contributed by atoms with Crippen molar-refractivity contribution in [3.63, 3.8) is 0 Å². The van der Waals surface area contributed by atoms with Gasteiger partial charge >= 0.3 is 5.97 Å². The van der Waals surface area contributed by atoms with Crippen LogP contribution in [0.25, 0.3) is 0 Å². The van der Waals surface area contributed by atoms with Gasteiger partial charge < -0.3 is 16.2 Å². The summed E-state index contributed by atoms with van der Waals surface area (Å²) in [7, 11) is 0. The van der Waals surface area contributed by atoms with E-state index in [9.17, 15) is 9.59 Å². The van der Waals surface area contributed by atoms with Crippen molar-refractivity contribution in [1.82, 2.24) is 10.3 Å². The maximum atomic E-state index is 11.3. The smallest absolute Gasteiger partial charge is 0.326 e. The molecule has 0 saturated heterocycles. The molecule has 2 atom stereocenters. The van der Waals surface area contributed by atoms with Gasteiger partial charge in [-0.3, -0.25) is 9.78 Å². The number of hydrogen-bond acceptors (Lipinski definition) is 4. The predicted molar refractivity (Wildman–Crippen MR) is 61.2 cm³/mol. The van der Waals surface area contributed by atoms with Crippen LogP contribution in [0.2, 0.25) is 0 Å². The molecule has 0 fully saturated rings. The van der Waals surface area contributed by atoms with Crippen molar-refractivity contribution in [1.29, 1.82) is 0 Å². The van der Waals surface area contributed by atoms with Crippen LogP contribution in [0.5, 0.6) is 0 Å². The molecule has 0 aliphatic heterocycles. The second kappa shape index (κ2) is 5.95. The molecule has 6 heteroatoms. The van der Waals surface area contributed by atoms with Gasteiger partial charge in [-0.2, -0.15) is 0 Å². The van der Waals surface area contributed by atoms with Gasteiger partial charge in [0.05, 0.1) is 6.04 Å². The summed E-state index contributed by atoms with van der Waals surface area (Å²) in [6.07, 6.45) is 3.35. The minimum absolute atomic E-state index is 0.205. The van der Waals surface area contributed by atoms with Crippen LogP contribution in [-0.2, 0) is 16.0 Å². The fourth-order valence-corrected chi connectivity index (χ4v) is 1.26. The lowest BCUT2D eigenvalue weighted by molar-refractivity contribution is -0.141. The Hall–Kier alpha value is -1.95. The number of carbonyl (C=O) groups excluding carboxylic acids is 1. The van der Waals surface area contributed by atoms with E-state index in [1.54, 1.807) is 24.5 Å². The molecule has 0 unspecified atom stereocenters. The zero-order valence-corrected chi connectivity index (χ0v) is 9.46. The molecule has 1 rings (SSSR count). The number of hydrogen-bond donors (Lipinski definition) is 3. The molecule has 0 spiro atoms. The minimum Gasteiger partial charge on any atom is -0.480 e. The van der Waals surface area contributed by atoms with Crippen molar-refractivity contribution in [2.45, 2.75) is 25.4 Å². The number of nitrogens with zero attached hydrogens (tertiary/aromatic N) is 1. The molecule has 0 saturated carbocycles. The zero-order valence-electron chi connectivity index (χ0n) is 9.46. The molecule has 0 aromatic carbocycles. The summed E-state index contributed by atoms with van der Waals surface area (Å²) in [4.78, 5) is 26.2. The maximum Gasteiger partial charge on any atom is 0.326 e. The first-order valence-electron chi connectivity index (χ1n) is 5.18. The van der Waals surface area contributed by atoms with Crippen LogP contribution in [0, 0.1) is 0 Å². The van der Waals surface area contributed by atoms with Gasteiger partial charge in [0.2, 0.25) is 5.91 Å². The highest BCUT2D eigenvalue weighted by atomic mass is 16.4. The first kappa shape index (κ1) is 13.1. The third kappa shape index (κ3) is 4.20. The van der Waals surface area contributed by atoms with Gasteiger partial charge in [-0.25, -0.2) is 4.79 Å². The highest BCUT2D eigenvalue weighted by molar-refractivity contribution is 5.86. The van der Waals surface area contributed by atoms with Crippen molar-refractivity contribution < 1.29 is 14.7 Å². The van der Waals surface area contributed by atoms with Crippen LogP contribution in [0.4, 0.5) is 0 Å². The number of carbonyl (C=O) groups is 2. The second-order valence-corrected chi connectivity index (χ2v) is 3.75. The number of aromatic nitrogens is 1. The Bertz CT molecular complexity index is 392. The average Bonchev–Trinajstić information content (AvgIpc) is 2.29. The molecule has 92 valence electrons. The molecule has 1 heterocycles. The van der Waals surface area contributed by atoms with Gasteiger partial charge in [0.1, 0.15) is 6.04 Å². The van der Waals surface area contributed by atoms with Crippen LogP contribution in [0.15, 0.2) is 24.5 Å². The lowest BCUT2D eigenvalue weighted by atomic mass is 10.1. The summed E-state index contributed by atoms with van der Waals surface area (Å²) in [6.45, 7) is 1.50. The van der Waals surface area contributed by atoms with Crippen LogP contribution in [-0.4, -0.2) is 34.1 Å². The SMILES string of the molecule is C[C@@H](N)C(=O)N[C@@H](Cc1ccncc1)C(=O)O. The molecular weight excluding hydrogens is 222 g/mol. The number of carboxylic acid groups (broad SMARTS) is 1. The normalized spacial score (nSPS) is 13.8. The van der Waals surface area contributed by atoms with E-state index >= 15 is 0 Å². The van der Waals surface area contributed by atoms with Crippen LogP contribution >= 0.6 is 0 Å². The Morgan fingerprint density at radius 1 is 1.47 bits per heavy atom. The lowest BCUT2D eigenvalue weighted by Crippen LogP contribution is -2.48. The van der Waals surface area contributed by atoms with Gasteiger partial charge in [-0.15, -0.1) is 0 Å². The van der Waals surface area contributed by atoms with E-state index in [0.29, 0.717) is 0 Å². The molecular formula is C11H15N3O3. The largest absolute Gasteiger partial charge is 0.480 e. The summed E-state index contributed by atoms with van der Waals surface area (Å²) in [5.41, 5.74) is 6.15. The van der Waals surface area contributed by atoms with Crippen molar-refractivity contribution in [3.05, 3.63) is 30.1 Å². The predicted octanol–water partition coefficient (Wildman–Crippen LogP) is -0.459. The van der Waals surface area contributed by atoms with E-state index in [0.717, 1.165) is 5.56 Å². The molecule has 1 aromatic heterocycles. The van der Waals surface area contributed by atoms with Crippen LogP contribution < -0.4 is 11.1 Å². The third-order valence-electron chi connectivity index (χ3n) is 2.22. The van der Waals surface area contributed by atoms with Crippen molar-refractivity contribution in [2.75, 3.05) is 0 Å². The molecule has 1 aromatic rings. The Morgan fingerprint density at radius 2 is 2.06 bits per heavy atom. The number of pyridine rings is 1. The van der Waals surface area contributed by atoms with Gasteiger partial charge in [0.15, 0.2) is 0 Å². The monoisotopic (exact) mass is 237 g/mol. The topological polar surface area (TPSA) is 105 Å². The van der Waals surface area contributed by atoms with E-state index in [1.165, 1.54) is 6.92 Å². The molecule has 1 amide bonds. The van der Waals surface area contributed by atoms with Crippen molar-refractivity contribution in [3.8, 4) is 0 Å². The molecule has 0 radical (unpaired) electrons. The quantitative estimate of drug-likeness (QED) is 0.642. The molecule has 0 bridgehead atoms. The van der Waals surface area contributed by atoms with Gasteiger partial charge in [0, 0.05) is 18.8 Å². The maximum absolute atomic E-state index is 11.3. The minimum atomic E-state index is -1.09. The Morgan fingerprint density at radius 3 is 2.53 bits per heavy atom. The van der Waals surface area contributed by atoms with Crippen LogP contribution in [0.3, 0.4) is 0 Å². The van der Waals surface area contributed by atoms with E-state index in [2.05, 4.69) is 10.3 Å². The average molecular weight is 237 g/mol. The first-order chi connectivity index (χ1) is 8.00. The van der Waals surface area contributed by atoms with E-state index in [1.807, 2.05) is 0 Å². The number of nitrogens with one attached hydrogen (secondary N) is 1. The fraction of sp³-hybridized carbons (Fsp3) is 0.364. The summed E-state index contributed by atoms with van der Waals surface area (Å²) in [5, 5.41) is 11.4. The molecule has 0 aliphatic rings. The molecule has 4 N–H and O–H groups in total. The molecule has 0 aliphatic carbocycles. The first-order valence-corrected chi connectivity index (χ1v) is 5.18. The van der Waals surface area contributed by atoms with E-state index < -0.39 is 24.0 Å². The lowest BCUT2D eigenvalue weighted by Gasteiger charge is -2.15. The Labute approximate surface area is 98.8 Å². The highest BCUT2D eigenvalue weighted by Gasteiger charge is 2.21. The van der Waals surface area contributed by atoms with Gasteiger partial charge in [-0.1, -0.05) is 0 Å².